The summed E-state index contributed by atoms with van der Waals surface area (Å²) in [6.07, 6.45) is 6.06. The first-order valence-electron chi connectivity index (χ1n) is 17.9. The molecule has 0 aliphatic heterocycles. The summed E-state index contributed by atoms with van der Waals surface area (Å²) in [5.41, 5.74) is 6.23. The van der Waals surface area contributed by atoms with Crippen LogP contribution in [0, 0.1) is 0 Å². The first kappa shape index (κ1) is 35.6. The van der Waals surface area contributed by atoms with E-state index >= 15 is 0 Å². The Hall–Kier alpha value is -4.21. The van der Waals surface area contributed by atoms with E-state index in [1.807, 2.05) is 30.3 Å². The SMILES string of the molecule is CCCC[N+](CCCC)(CCCC)CC(=O)c1ccccc1.c1ccc([B-](c2ccccc2)(c2ccccc2)c2ccccc2)cc1. The third-order valence-electron chi connectivity index (χ3n) is 9.73. The maximum absolute atomic E-state index is 12.7. The fraction of sp³-hybridized carbons (Fsp3) is 0.295. The molecule has 0 bridgehead atoms. The van der Waals surface area contributed by atoms with Gasteiger partial charge in [0, 0.05) is 5.56 Å². The lowest BCUT2D eigenvalue weighted by molar-refractivity contribution is -0.921. The summed E-state index contributed by atoms with van der Waals surface area (Å²) >= 11 is 0. The van der Waals surface area contributed by atoms with Gasteiger partial charge in [0.1, 0.15) is 12.7 Å². The fourth-order valence-corrected chi connectivity index (χ4v) is 7.19. The molecule has 0 amide bonds. The summed E-state index contributed by atoms with van der Waals surface area (Å²) in [5.74, 6) is 0.309. The highest BCUT2D eigenvalue weighted by Gasteiger charge is 2.31. The molecular weight excluding hydrogens is 569 g/mol. The van der Waals surface area contributed by atoms with E-state index in [2.05, 4.69) is 142 Å². The number of ketones is 1. The summed E-state index contributed by atoms with van der Waals surface area (Å²) in [6, 6.07) is 53.3. The van der Waals surface area contributed by atoms with Crippen molar-refractivity contribution in [3.05, 3.63) is 157 Å². The van der Waals surface area contributed by atoms with Crippen LogP contribution in [0.3, 0.4) is 0 Å². The Kier molecular flexibility index (Phi) is 14.3. The van der Waals surface area contributed by atoms with Gasteiger partial charge in [0.05, 0.1) is 19.6 Å². The molecule has 0 heterocycles. The van der Waals surface area contributed by atoms with Gasteiger partial charge in [0.25, 0.3) is 0 Å². The quantitative estimate of drug-likeness (QED) is 0.0616. The lowest BCUT2D eigenvalue weighted by Crippen LogP contribution is -2.74. The monoisotopic (exact) mass is 623 g/mol. The normalized spacial score (nSPS) is 11.4. The van der Waals surface area contributed by atoms with E-state index in [9.17, 15) is 4.79 Å². The van der Waals surface area contributed by atoms with Crippen LogP contribution in [0.15, 0.2) is 152 Å². The molecule has 47 heavy (non-hydrogen) atoms. The largest absolute Gasteiger partial charge is 0.317 e. The molecule has 0 fully saturated rings. The number of carbonyl (C=O) groups excluding carboxylic acids is 1. The lowest BCUT2D eigenvalue weighted by atomic mass is 9.13. The number of hydrogen-bond donors (Lipinski definition) is 0. The molecule has 0 aliphatic carbocycles. The topological polar surface area (TPSA) is 17.1 Å². The van der Waals surface area contributed by atoms with Crippen molar-refractivity contribution in [2.75, 3.05) is 26.2 Å². The predicted molar refractivity (Wildman–Crippen MR) is 205 cm³/mol. The smallest absolute Gasteiger partial charge is 0.216 e. The Morgan fingerprint density at radius 3 is 1.00 bits per heavy atom. The van der Waals surface area contributed by atoms with E-state index in [4.69, 9.17) is 0 Å². The van der Waals surface area contributed by atoms with Crippen LogP contribution in [-0.2, 0) is 0 Å². The summed E-state index contributed by atoms with van der Waals surface area (Å²) in [5, 5.41) is 0. The van der Waals surface area contributed by atoms with Gasteiger partial charge in [-0.3, -0.25) is 4.79 Å². The van der Waals surface area contributed by atoms with Crippen LogP contribution in [0.4, 0.5) is 0 Å². The molecule has 0 aromatic heterocycles. The van der Waals surface area contributed by atoms with E-state index in [0.29, 0.717) is 12.3 Å². The average molecular weight is 624 g/mol. The van der Waals surface area contributed by atoms with Crippen LogP contribution in [0.25, 0.3) is 0 Å². The second kappa shape index (κ2) is 18.8. The van der Waals surface area contributed by atoms with Gasteiger partial charge in [-0.1, -0.05) is 192 Å². The fourth-order valence-electron chi connectivity index (χ4n) is 7.19. The maximum Gasteiger partial charge on any atom is 0.216 e. The summed E-state index contributed by atoms with van der Waals surface area (Å²) in [7, 11) is 0. The van der Waals surface area contributed by atoms with E-state index in [-0.39, 0.29) is 0 Å². The maximum atomic E-state index is 12.7. The zero-order chi connectivity index (χ0) is 33.2. The minimum atomic E-state index is -1.22. The van der Waals surface area contributed by atoms with Gasteiger partial charge in [-0.05, 0) is 19.3 Å². The number of quaternary nitrogens is 1. The van der Waals surface area contributed by atoms with Crippen molar-refractivity contribution in [3.8, 4) is 0 Å². The second-order valence-electron chi connectivity index (χ2n) is 13.0. The summed E-state index contributed by atoms with van der Waals surface area (Å²) in [4.78, 5) is 12.7. The van der Waals surface area contributed by atoms with Crippen LogP contribution in [-0.4, -0.2) is 42.6 Å². The number of rotatable bonds is 16. The minimum absolute atomic E-state index is 0.309. The average Bonchev–Trinajstić information content (AvgIpc) is 3.15. The summed E-state index contributed by atoms with van der Waals surface area (Å²) < 4.78 is 0.989. The molecule has 0 aliphatic rings. The highest BCUT2D eigenvalue weighted by molar-refractivity contribution is 7.19. The van der Waals surface area contributed by atoms with Crippen LogP contribution in [0.2, 0.25) is 0 Å². The van der Waals surface area contributed by atoms with Gasteiger partial charge < -0.3 is 4.48 Å². The molecule has 0 radical (unpaired) electrons. The Labute approximate surface area is 285 Å². The number of hydrogen-bond acceptors (Lipinski definition) is 1. The van der Waals surface area contributed by atoms with Crippen molar-refractivity contribution in [1.82, 2.24) is 0 Å². The first-order valence-corrected chi connectivity index (χ1v) is 17.9. The molecule has 0 saturated heterocycles. The predicted octanol–water partition coefficient (Wildman–Crippen LogP) is 8.15. The lowest BCUT2D eigenvalue weighted by Gasteiger charge is -2.44. The number of Topliss-reactive ketones (excluding diaryl/α,β-unsaturated/α-hetero) is 1. The van der Waals surface area contributed by atoms with Gasteiger partial charge in [-0.25, -0.2) is 0 Å². The van der Waals surface area contributed by atoms with Crippen molar-refractivity contribution in [1.29, 1.82) is 0 Å². The van der Waals surface area contributed by atoms with E-state index < -0.39 is 6.15 Å². The van der Waals surface area contributed by atoms with Crippen LogP contribution in [0.5, 0.6) is 0 Å². The van der Waals surface area contributed by atoms with Crippen LogP contribution >= 0.6 is 0 Å². The molecule has 5 aromatic rings. The van der Waals surface area contributed by atoms with Crippen molar-refractivity contribution in [3.63, 3.8) is 0 Å². The zero-order valence-electron chi connectivity index (χ0n) is 28.9. The van der Waals surface area contributed by atoms with Gasteiger partial charge >= 0.3 is 0 Å². The molecule has 3 heteroatoms. The molecule has 244 valence electrons. The Morgan fingerprint density at radius 1 is 0.447 bits per heavy atom. The number of unbranched alkanes of at least 4 members (excludes halogenated alkanes) is 3. The molecule has 0 unspecified atom stereocenters. The van der Waals surface area contributed by atoms with Gasteiger partial charge in [0.15, 0.2) is 0 Å². The Bertz CT molecular complexity index is 1370. The Morgan fingerprint density at radius 2 is 0.723 bits per heavy atom. The molecule has 0 atom stereocenters. The summed E-state index contributed by atoms with van der Waals surface area (Å²) in [6.45, 7) is 10.8. The van der Waals surface area contributed by atoms with Crippen molar-refractivity contribution >= 4 is 33.8 Å². The molecule has 5 rings (SSSR count). The molecular formula is C44H54BNO. The number of nitrogens with zero attached hydrogens (tertiary/aromatic N) is 1. The molecule has 2 nitrogen and oxygen atoms in total. The highest BCUT2D eigenvalue weighted by atomic mass is 16.1. The van der Waals surface area contributed by atoms with Crippen LogP contribution < -0.4 is 21.9 Å². The minimum Gasteiger partial charge on any atom is -0.317 e. The molecule has 0 N–H and O–H groups in total. The second-order valence-corrected chi connectivity index (χ2v) is 13.0. The van der Waals surface area contributed by atoms with Crippen LogP contribution in [0.1, 0.15) is 69.7 Å². The van der Waals surface area contributed by atoms with Crippen molar-refractivity contribution in [2.24, 2.45) is 0 Å². The van der Waals surface area contributed by atoms with Gasteiger partial charge in [-0.15, -0.1) is 0 Å². The van der Waals surface area contributed by atoms with Gasteiger partial charge in [0.2, 0.25) is 5.78 Å². The molecule has 0 spiro atoms. The standard InChI is InChI=1S/C24H20B.C20H34NO/c1-5-13-21(14-6-1)25(22-15-7-2-8-16-22,23-17-9-3-10-18-23)24-19-11-4-12-20-24;1-4-7-15-21(16-8-5-2,17-9-6-3)18-20(22)19-13-11-10-12-14-19/h1-20H;10-14H,4-9,15-18H2,1-3H3/q-1;+1. The van der Waals surface area contributed by atoms with Crippen molar-refractivity contribution < 1.29 is 9.28 Å². The third kappa shape index (κ3) is 9.43. The molecule has 0 saturated carbocycles. The number of benzene rings is 5. The Balaban J connectivity index is 0.000000215. The zero-order valence-corrected chi connectivity index (χ0v) is 28.9. The first-order chi connectivity index (χ1) is 23.1. The van der Waals surface area contributed by atoms with E-state index in [1.165, 1.54) is 60.4 Å². The van der Waals surface area contributed by atoms with E-state index in [1.54, 1.807) is 0 Å². The van der Waals surface area contributed by atoms with Crippen molar-refractivity contribution in [2.45, 2.75) is 59.3 Å². The van der Waals surface area contributed by atoms with Gasteiger partial charge in [-0.2, -0.15) is 21.9 Å². The molecule has 5 aromatic carbocycles. The third-order valence-corrected chi connectivity index (χ3v) is 9.73. The number of carbonyl (C=O) groups is 1. The highest BCUT2D eigenvalue weighted by Crippen LogP contribution is 2.17. The van der Waals surface area contributed by atoms with E-state index in [0.717, 1.165) is 29.7 Å².